The van der Waals surface area contributed by atoms with Crippen LogP contribution in [-0.2, 0) is 9.53 Å². The summed E-state index contributed by atoms with van der Waals surface area (Å²) in [6.45, 7) is 3.68. The van der Waals surface area contributed by atoms with E-state index in [-0.39, 0.29) is 12.2 Å². The van der Waals surface area contributed by atoms with Crippen LogP contribution in [0.2, 0.25) is 0 Å². The summed E-state index contributed by atoms with van der Waals surface area (Å²) in [5, 5.41) is 8.80. The van der Waals surface area contributed by atoms with Gasteiger partial charge in [0.05, 0.1) is 6.61 Å². The average molecular weight is 208 g/mol. The molecule has 0 atom stereocenters. The topological polar surface area (TPSA) is 53.3 Å². The van der Waals surface area contributed by atoms with Crippen molar-refractivity contribution in [2.75, 3.05) is 20.7 Å². The highest BCUT2D eigenvalue weighted by Crippen LogP contribution is 2.07. The highest BCUT2D eigenvalue weighted by atomic mass is 16.5. The molecule has 15 heavy (non-hydrogen) atoms. The van der Waals surface area contributed by atoms with Crippen molar-refractivity contribution in [3.05, 3.63) is 23.4 Å². The first kappa shape index (κ1) is 13.2. The van der Waals surface area contributed by atoms with Crippen molar-refractivity contribution in [3.63, 3.8) is 0 Å². The lowest BCUT2D eigenvalue weighted by molar-refractivity contribution is -0.138. The van der Waals surface area contributed by atoms with Gasteiger partial charge in [0.1, 0.15) is 11.6 Å². The number of nitrogens with zero attached hydrogens (tertiary/aromatic N) is 2. The SMILES string of the molecule is CCOC(=O)/C(C#N)=C(C)/C=C/N(C)C. The number of hydrogen-bond acceptors (Lipinski definition) is 4. The summed E-state index contributed by atoms with van der Waals surface area (Å²) >= 11 is 0. The second-order valence-corrected chi connectivity index (χ2v) is 3.17. The Morgan fingerprint density at radius 1 is 1.53 bits per heavy atom. The Hall–Kier alpha value is -1.76. The van der Waals surface area contributed by atoms with Crippen molar-refractivity contribution in [3.8, 4) is 6.07 Å². The van der Waals surface area contributed by atoms with E-state index in [0.717, 1.165) is 0 Å². The number of hydrogen-bond donors (Lipinski definition) is 0. The zero-order valence-corrected chi connectivity index (χ0v) is 9.57. The smallest absolute Gasteiger partial charge is 0.349 e. The summed E-state index contributed by atoms with van der Waals surface area (Å²) in [4.78, 5) is 13.1. The van der Waals surface area contributed by atoms with Gasteiger partial charge in [-0.3, -0.25) is 0 Å². The molecule has 0 unspecified atom stereocenters. The maximum absolute atomic E-state index is 11.3. The third kappa shape index (κ3) is 4.87. The molecule has 0 bridgehead atoms. The van der Waals surface area contributed by atoms with Crippen molar-refractivity contribution >= 4 is 5.97 Å². The number of ether oxygens (including phenoxy) is 1. The summed E-state index contributed by atoms with van der Waals surface area (Å²) in [5.41, 5.74) is 0.652. The molecule has 0 saturated heterocycles. The Labute approximate surface area is 90.4 Å². The van der Waals surface area contributed by atoms with E-state index < -0.39 is 5.97 Å². The van der Waals surface area contributed by atoms with Gasteiger partial charge in [0.2, 0.25) is 0 Å². The first-order chi connectivity index (χ1) is 7.02. The molecule has 0 aromatic heterocycles. The Balaban J connectivity index is 4.84. The fraction of sp³-hybridized carbons (Fsp3) is 0.455. The normalized spacial score (nSPS) is 11.9. The Kier molecular flexibility index (Phi) is 5.88. The van der Waals surface area contributed by atoms with Gasteiger partial charge in [-0.1, -0.05) is 0 Å². The van der Waals surface area contributed by atoms with Crippen LogP contribution in [0.15, 0.2) is 23.4 Å². The van der Waals surface area contributed by atoms with Crippen LogP contribution >= 0.6 is 0 Å². The molecule has 0 saturated carbocycles. The van der Waals surface area contributed by atoms with Crippen LogP contribution in [0.25, 0.3) is 0 Å². The van der Waals surface area contributed by atoms with Crippen LogP contribution in [0.4, 0.5) is 0 Å². The van der Waals surface area contributed by atoms with Crippen molar-refractivity contribution < 1.29 is 9.53 Å². The Morgan fingerprint density at radius 2 is 2.13 bits per heavy atom. The van der Waals surface area contributed by atoms with Gasteiger partial charge in [0.25, 0.3) is 0 Å². The molecule has 0 aliphatic rings. The number of nitriles is 1. The van der Waals surface area contributed by atoms with Crippen LogP contribution in [0, 0.1) is 11.3 Å². The lowest BCUT2D eigenvalue weighted by Gasteiger charge is -2.04. The molecule has 0 radical (unpaired) electrons. The minimum absolute atomic E-state index is 0.0509. The number of carbonyl (C=O) groups is 1. The van der Waals surface area contributed by atoms with Crippen LogP contribution < -0.4 is 0 Å². The molecule has 4 heteroatoms. The number of esters is 1. The van der Waals surface area contributed by atoms with Gasteiger partial charge >= 0.3 is 5.97 Å². The Bertz CT molecular complexity index is 322. The van der Waals surface area contributed by atoms with Crippen LogP contribution in [0.3, 0.4) is 0 Å². The van der Waals surface area contributed by atoms with Gasteiger partial charge in [0.15, 0.2) is 0 Å². The summed E-state index contributed by atoms with van der Waals surface area (Å²) in [5.74, 6) is -0.569. The molecule has 0 N–H and O–H groups in total. The third-order valence-electron chi connectivity index (χ3n) is 1.61. The first-order valence-electron chi connectivity index (χ1n) is 4.65. The van der Waals surface area contributed by atoms with E-state index in [1.54, 1.807) is 26.1 Å². The summed E-state index contributed by atoms with van der Waals surface area (Å²) in [7, 11) is 3.72. The van der Waals surface area contributed by atoms with Crippen molar-refractivity contribution in [1.29, 1.82) is 5.26 Å². The summed E-state index contributed by atoms with van der Waals surface area (Å²) in [6, 6.07) is 1.85. The average Bonchev–Trinajstić information content (AvgIpc) is 2.16. The molecule has 82 valence electrons. The van der Waals surface area contributed by atoms with Gasteiger partial charge in [-0.25, -0.2) is 4.79 Å². The predicted molar refractivity (Wildman–Crippen MR) is 57.8 cm³/mol. The molecule has 0 heterocycles. The van der Waals surface area contributed by atoms with Gasteiger partial charge in [0, 0.05) is 14.1 Å². The minimum Gasteiger partial charge on any atom is -0.462 e. The Morgan fingerprint density at radius 3 is 2.53 bits per heavy atom. The largest absolute Gasteiger partial charge is 0.462 e. The molecule has 0 amide bonds. The highest BCUT2D eigenvalue weighted by molar-refractivity contribution is 5.94. The van der Waals surface area contributed by atoms with Gasteiger partial charge in [-0.15, -0.1) is 0 Å². The molecule has 0 aliphatic carbocycles. The number of allylic oxidation sites excluding steroid dienone is 2. The van der Waals surface area contributed by atoms with Crippen LogP contribution in [0.5, 0.6) is 0 Å². The first-order valence-corrected chi connectivity index (χ1v) is 4.65. The van der Waals surface area contributed by atoms with E-state index in [4.69, 9.17) is 10.00 Å². The zero-order valence-electron chi connectivity index (χ0n) is 9.57. The van der Waals surface area contributed by atoms with E-state index in [1.807, 2.05) is 25.1 Å². The molecule has 0 fully saturated rings. The lowest BCUT2D eigenvalue weighted by Crippen LogP contribution is -2.08. The molecule has 0 aromatic rings. The summed E-state index contributed by atoms with van der Waals surface area (Å²) < 4.78 is 4.76. The lowest BCUT2D eigenvalue weighted by atomic mass is 10.1. The minimum atomic E-state index is -0.569. The van der Waals surface area contributed by atoms with Crippen LogP contribution in [-0.4, -0.2) is 31.6 Å². The van der Waals surface area contributed by atoms with Crippen molar-refractivity contribution in [2.24, 2.45) is 0 Å². The molecule has 0 aromatic carbocycles. The van der Waals surface area contributed by atoms with E-state index in [1.165, 1.54) is 0 Å². The molecule has 4 nitrogen and oxygen atoms in total. The summed E-state index contributed by atoms with van der Waals surface area (Å²) in [6.07, 6.45) is 3.47. The second kappa shape index (κ2) is 6.66. The van der Waals surface area contributed by atoms with E-state index in [2.05, 4.69) is 0 Å². The maximum Gasteiger partial charge on any atom is 0.349 e. The quantitative estimate of drug-likeness (QED) is 0.304. The van der Waals surface area contributed by atoms with Crippen LogP contribution in [0.1, 0.15) is 13.8 Å². The van der Waals surface area contributed by atoms with E-state index in [0.29, 0.717) is 5.57 Å². The monoisotopic (exact) mass is 208 g/mol. The molecule has 0 rings (SSSR count). The van der Waals surface area contributed by atoms with E-state index >= 15 is 0 Å². The fourth-order valence-electron chi connectivity index (χ4n) is 0.842. The fourth-order valence-corrected chi connectivity index (χ4v) is 0.842. The van der Waals surface area contributed by atoms with E-state index in [9.17, 15) is 4.79 Å². The number of carbonyl (C=O) groups excluding carboxylic acids is 1. The molecular weight excluding hydrogens is 192 g/mol. The predicted octanol–water partition coefficient (Wildman–Crippen LogP) is 1.46. The van der Waals surface area contributed by atoms with Gasteiger partial charge in [-0.2, -0.15) is 5.26 Å². The molecule has 0 aliphatic heterocycles. The maximum atomic E-state index is 11.3. The zero-order chi connectivity index (χ0) is 11.8. The molecule has 0 spiro atoms. The molecular formula is C11H16N2O2. The van der Waals surface area contributed by atoms with Gasteiger partial charge in [-0.05, 0) is 31.7 Å². The standard InChI is InChI=1S/C11H16N2O2/c1-5-15-11(14)10(8-12)9(2)6-7-13(3)4/h6-7H,5H2,1-4H3/b7-6+,10-9+. The third-order valence-corrected chi connectivity index (χ3v) is 1.61. The van der Waals surface area contributed by atoms with Gasteiger partial charge < -0.3 is 9.64 Å². The number of rotatable bonds is 4. The van der Waals surface area contributed by atoms with Crippen molar-refractivity contribution in [2.45, 2.75) is 13.8 Å². The van der Waals surface area contributed by atoms with Crippen molar-refractivity contribution in [1.82, 2.24) is 4.90 Å². The second-order valence-electron chi connectivity index (χ2n) is 3.17. The highest BCUT2D eigenvalue weighted by Gasteiger charge is 2.11.